The molecular weight excluding hydrogens is 258 g/mol. The monoisotopic (exact) mass is 277 g/mol. The van der Waals surface area contributed by atoms with Gasteiger partial charge in [-0.15, -0.1) is 0 Å². The largest absolute Gasteiger partial charge is 0.356 e. The van der Waals surface area contributed by atoms with Gasteiger partial charge in [0.1, 0.15) is 0 Å². The highest BCUT2D eigenvalue weighted by atomic mass is 16.6. The number of carbonyl (C=O) groups excluding carboxylic acids is 1. The van der Waals surface area contributed by atoms with Gasteiger partial charge in [0.05, 0.1) is 4.92 Å². The number of nitro benzene ring substituents is 1. The number of benzene rings is 1. The van der Waals surface area contributed by atoms with Crippen molar-refractivity contribution < 1.29 is 9.72 Å². The molecule has 108 valence electrons. The molecule has 1 aromatic carbocycles. The molecule has 0 radical (unpaired) electrons. The van der Waals surface area contributed by atoms with Crippen LogP contribution < -0.4 is 11.1 Å². The first kappa shape index (κ1) is 14.5. The van der Waals surface area contributed by atoms with Crippen molar-refractivity contribution in [1.82, 2.24) is 5.32 Å². The molecule has 0 heterocycles. The Labute approximate surface area is 117 Å². The van der Waals surface area contributed by atoms with E-state index in [1.54, 1.807) is 12.1 Å². The number of amides is 1. The molecule has 2 rings (SSSR count). The number of nitrogens with one attached hydrogen (secondary N) is 1. The molecule has 0 atom stereocenters. The summed E-state index contributed by atoms with van der Waals surface area (Å²) >= 11 is 0. The van der Waals surface area contributed by atoms with Gasteiger partial charge in [-0.3, -0.25) is 14.9 Å². The summed E-state index contributed by atoms with van der Waals surface area (Å²) in [4.78, 5) is 21.8. The minimum Gasteiger partial charge on any atom is -0.356 e. The lowest BCUT2D eigenvalue weighted by atomic mass is 9.75. The Morgan fingerprint density at radius 2 is 2.00 bits per heavy atom. The van der Waals surface area contributed by atoms with Crippen molar-refractivity contribution in [2.75, 3.05) is 6.54 Å². The Morgan fingerprint density at radius 3 is 2.50 bits per heavy atom. The lowest BCUT2D eigenvalue weighted by Gasteiger charge is -2.37. The third-order valence-corrected chi connectivity index (χ3v) is 3.74. The van der Waals surface area contributed by atoms with E-state index in [1.807, 2.05) is 0 Å². The van der Waals surface area contributed by atoms with Crippen LogP contribution in [0, 0.1) is 10.1 Å². The maximum Gasteiger partial charge on any atom is 0.269 e. The molecule has 1 saturated carbocycles. The summed E-state index contributed by atoms with van der Waals surface area (Å²) in [5, 5.41) is 13.4. The molecule has 1 fully saturated rings. The zero-order valence-corrected chi connectivity index (χ0v) is 11.3. The molecule has 1 aromatic rings. The van der Waals surface area contributed by atoms with Gasteiger partial charge >= 0.3 is 0 Å². The number of rotatable bonds is 6. The van der Waals surface area contributed by atoms with Crippen molar-refractivity contribution in [3.05, 3.63) is 39.9 Å². The highest BCUT2D eigenvalue weighted by Gasteiger charge is 2.34. The number of hydrogen-bond acceptors (Lipinski definition) is 4. The Bertz CT molecular complexity index is 495. The van der Waals surface area contributed by atoms with E-state index >= 15 is 0 Å². The second-order valence-corrected chi connectivity index (χ2v) is 5.42. The summed E-state index contributed by atoms with van der Waals surface area (Å²) in [5.74, 6) is -0.0193. The fraction of sp³-hybridized carbons (Fsp3) is 0.500. The van der Waals surface area contributed by atoms with Gasteiger partial charge < -0.3 is 11.1 Å². The lowest BCUT2D eigenvalue weighted by molar-refractivity contribution is -0.384. The molecule has 0 bridgehead atoms. The van der Waals surface area contributed by atoms with Crippen molar-refractivity contribution in [3.63, 3.8) is 0 Å². The summed E-state index contributed by atoms with van der Waals surface area (Å²) in [6.07, 6.45) is 3.98. The van der Waals surface area contributed by atoms with E-state index < -0.39 is 4.92 Å². The van der Waals surface area contributed by atoms with E-state index in [-0.39, 0.29) is 17.1 Å². The van der Waals surface area contributed by atoms with Gasteiger partial charge in [-0.2, -0.15) is 0 Å². The number of nitrogens with two attached hydrogens (primary N) is 1. The van der Waals surface area contributed by atoms with Crippen LogP contribution in [0.2, 0.25) is 0 Å². The highest BCUT2D eigenvalue weighted by Crippen LogP contribution is 2.31. The Morgan fingerprint density at radius 1 is 1.35 bits per heavy atom. The number of carbonyl (C=O) groups is 1. The fourth-order valence-electron chi connectivity index (χ4n) is 2.32. The minimum absolute atomic E-state index is 0.0193. The van der Waals surface area contributed by atoms with Gasteiger partial charge in [0.15, 0.2) is 0 Å². The molecule has 0 saturated heterocycles. The minimum atomic E-state index is -0.426. The fourth-order valence-corrected chi connectivity index (χ4v) is 2.32. The topological polar surface area (TPSA) is 98.3 Å². The summed E-state index contributed by atoms with van der Waals surface area (Å²) < 4.78 is 0. The van der Waals surface area contributed by atoms with Crippen LogP contribution in [0.4, 0.5) is 5.69 Å². The third kappa shape index (κ3) is 3.77. The van der Waals surface area contributed by atoms with Crippen molar-refractivity contribution >= 4 is 11.6 Å². The van der Waals surface area contributed by atoms with E-state index in [9.17, 15) is 14.9 Å². The first-order valence-corrected chi connectivity index (χ1v) is 6.77. The predicted molar refractivity (Wildman–Crippen MR) is 75.2 cm³/mol. The smallest absolute Gasteiger partial charge is 0.269 e. The molecule has 0 spiro atoms. The molecule has 20 heavy (non-hydrogen) atoms. The van der Waals surface area contributed by atoms with Crippen LogP contribution >= 0.6 is 0 Å². The van der Waals surface area contributed by atoms with Gasteiger partial charge in [0.2, 0.25) is 5.91 Å². The standard InChI is InChI=1S/C14H19N3O3/c15-14(7-1-8-14)10-13(18)16-9-6-11-2-4-12(5-3-11)17(19)20/h2-5H,1,6-10,15H2,(H,16,18). The van der Waals surface area contributed by atoms with Crippen LogP contribution in [0.5, 0.6) is 0 Å². The van der Waals surface area contributed by atoms with Crippen molar-refractivity contribution in [3.8, 4) is 0 Å². The van der Waals surface area contributed by atoms with Crippen LogP contribution in [-0.4, -0.2) is 22.9 Å². The number of hydrogen-bond donors (Lipinski definition) is 2. The van der Waals surface area contributed by atoms with E-state index in [0.29, 0.717) is 19.4 Å². The Balaban J connectivity index is 1.72. The second-order valence-electron chi connectivity index (χ2n) is 5.42. The van der Waals surface area contributed by atoms with Crippen molar-refractivity contribution in [1.29, 1.82) is 0 Å². The zero-order valence-electron chi connectivity index (χ0n) is 11.3. The normalized spacial score (nSPS) is 16.2. The first-order valence-electron chi connectivity index (χ1n) is 6.77. The van der Waals surface area contributed by atoms with Crippen molar-refractivity contribution in [2.24, 2.45) is 5.73 Å². The quantitative estimate of drug-likeness (QED) is 0.608. The van der Waals surface area contributed by atoms with E-state index in [1.165, 1.54) is 12.1 Å². The number of nitrogens with zero attached hydrogens (tertiary/aromatic N) is 1. The van der Waals surface area contributed by atoms with E-state index in [2.05, 4.69) is 5.32 Å². The van der Waals surface area contributed by atoms with Crippen LogP contribution in [0.3, 0.4) is 0 Å². The molecule has 1 amide bonds. The van der Waals surface area contributed by atoms with Crippen LogP contribution in [-0.2, 0) is 11.2 Å². The Kier molecular flexibility index (Phi) is 4.34. The Hall–Kier alpha value is -1.95. The van der Waals surface area contributed by atoms with Gasteiger partial charge in [-0.25, -0.2) is 0 Å². The average molecular weight is 277 g/mol. The lowest BCUT2D eigenvalue weighted by Crippen LogP contribution is -2.50. The van der Waals surface area contributed by atoms with E-state index in [0.717, 1.165) is 24.8 Å². The molecule has 0 unspecified atom stereocenters. The average Bonchev–Trinajstić information content (AvgIpc) is 2.37. The molecule has 0 aliphatic heterocycles. The SMILES string of the molecule is NC1(CC(=O)NCCc2ccc([N+](=O)[O-])cc2)CCC1. The predicted octanol–water partition coefficient (Wildman–Crippen LogP) is 1.52. The summed E-state index contributed by atoms with van der Waals surface area (Å²) in [5.41, 5.74) is 6.75. The van der Waals surface area contributed by atoms with Gasteiger partial charge in [0.25, 0.3) is 5.69 Å². The summed E-state index contributed by atoms with van der Waals surface area (Å²) in [6.45, 7) is 0.521. The maximum atomic E-state index is 11.7. The van der Waals surface area contributed by atoms with E-state index in [4.69, 9.17) is 5.73 Å². The number of nitro groups is 1. The number of non-ortho nitro benzene ring substituents is 1. The highest BCUT2D eigenvalue weighted by molar-refractivity contribution is 5.77. The molecule has 1 aliphatic carbocycles. The molecular formula is C14H19N3O3. The maximum absolute atomic E-state index is 11.7. The van der Waals surface area contributed by atoms with Gasteiger partial charge in [0, 0.05) is 30.6 Å². The summed E-state index contributed by atoms with van der Waals surface area (Å²) in [7, 11) is 0. The van der Waals surface area contributed by atoms with Crippen molar-refractivity contribution in [2.45, 2.75) is 37.6 Å². The first-order chi connectivity index (χ1) is 9.48. The molecule has 1 aliphatic rings. The van der Waals surface area contributed by atoms with Gasteiger partial charge in [-0.1, -0.05) is 12.1 Å². The molecule has 6 heteroatoms. The zero-order chi connectivity index (χ0) is 14.6. The summed E-state index contributed by atoms with van der Waals surface area (Å²) in [6, 6.07) is 6.36. The van der Waals surface area contributed by atoms with Gasteiger partial charge in [-0.05, 0) is 31.2 Å². The van der Waals surface area contributed by atoms with Crippen LogP contribution in [0.25, 0.3) is 0 Å². The van der Waals surface area contributed by atoms with Crippen LogP contribution in [0.15, 0.2) is 24.3 Å². The molecule has 6 nitrogen and oxygen atoms in total. The second kappa shape index (κ2) is 6.00. The van der Waals surface area contributed by atoms with Crippen LogP contribution in [0.1, 0.15) is 31.2 Å². The molecule has 3 N–H and O–H groups in total. The third-order valence-electron chi connectivity index (χ3n) is 3.74. The molecule has 0 aromatic heterocycles.